The first-order valence-electron chi connectivity index (χ1n) is 5.39. The predicted molar refractivity (Wildman–Crippen MR) is 64.7 cm³/mol. The molecule has 0 aromatic heterocycles. The second-order valence-electron chi connectivity index (χ2n) is 4.11. The maximum Gasteiger partial charge on any atom is 0.0834 e. The van der Waals surface area contributed by atoms with E-state index in [-0.39, 0.29) is 0 Å². The van der Waals surface area contributed by atoms with Gasteiger partial charge in [0.25, 0.3) is 0 Å². The van der Waals surface area contributed by atoms with Gasteiger partial charge in [0.1, 0.15) is 0 Å². The van der Waals surface area contributed by atoms with Crippen LogP contribution in [0.4, 0.5) is 0 Å². The molecule has 1 rings (SSSR count). The molecule has 0 saturated heterocycles. The quantitative estimate of drug-likeness (QED) is 0.737. The Morgan fingerprint density at radius 3 is 2.36 bits per heavy atom. The van der Waals surface area contributed by atoms with Crippen molar-refractivity contribution >= 4 is 13.3 Å². The average molecular weight is 208 g/mol. The first-order chi connectivity index (χ1) is 6.73. The Morgan fingerprint density at radius 2 is 1.86 bits per heavy atom. The lowest BCUT2D eigenvalue weighted by atomic mass is 10.4. The minimum Gasteiger partial charge on any atom is -0.396 e. The van der Waals surface area contributed by atoms with E-state index in [1.165, 1.54) is 17.3 Å². The zero-order valence-electron chi connectivity index (χ0n) is 9.16. The molecular formula is C12H20OSi. The van der Waals surface area contributed by atoms with E-state index in [0.29, 0.717) is 6.61 Å². The summed E-state index contributed by atoms with van der Waals surface area (Å²) in [7, 11) is -1.28. The fourth-order valence-corrected chi connectivity index (χ4v) is 4.82. The van der Waals surface area contributed by atoms with Gasteiger partial charge in [0.2, 0.25) is 0 Å². The maximum atomic E-state index is 8.89. The molecule has 1 unspecified atom stereocenters. The van der Waals surface area contributed by atoms with E-state index >= 15 is 0 Å². The van der Waals surface area contributed by atoms with Gasteiger partial charge in [-0.2, -0.15) is 0 Å². The average Bonchev–Trinajstić information content (AvgIpc) is 2.27. The monoisotopic (exact) mass is 208 g/mol. The van der Waals surface area contributed by atoms with Gasteiger partial charge in [0, 0.05) is 6.61 Å². The van der Waals surface area contributed by atoms with Crippen LogP contribution in [0.25, 0.3) is 0 Å². The molecule has 78 valence electrons. The SMILES string of the molecule is CC[Si](C)(CCCO)c1ccccc1. The van der Waals surface area contributed by atoms with Gasteiger partial charge in [0.15, 0.2) is 0 Å². The van der Waals surface area contributed by atoms with Gasteiger partial charge in [-0.3, -0.25) is 0 Å². The minimum absolute atomic E-state index is 0.329. The summed E-state index contributed by atoms with van der Waals surface area (Å²) in [6, 6.07) is 13.3. The van der Waals surface area contributed by atoms with Gasteiger partial charge < -0.3 is 5.11 Å². The molecule has 0 amide bonds. The highest BCUT2D eigenvalue weighted by atomic mass is 28.3. The van der Waals surface area contributed by atoms with E-state index < -0.39 is 8.07 Å². The zero-order chi connectivity index (χ0) is 10.4. The Hall–Kier alpha value is -0.603. The van der Waals surface area contributed by atoms with Gasteiger partial charge in [-0.25, -0.2) is 0 Å². The van der Waals surface area contributed by atoms with Crippen molar-refractivity contribution in [3.63, 3.8) is 0 Å². The van der Waals surface area contributed by atoms with Crippen LogP contribution in [0.5, 0.6) is 0 Å². The highest BCUT2D eigenvalue weighted by Gasteiger charge is 2.25. The lowest BCUT2D eigenvalue weighted by Crippen LogP contribution is -2.43. The third-order valence-corrected chi connectivity index (χ3v) is 7.88. The Balaban J connectivity index is 2.79. The van der Waals surface area contributed by atoms with Crippen molar-refractivity contribution in [1.82, 2.24) is 0 Å². The first kappa shape index (κ1) is 11.5. The van der Waals surface area contributed by atoms with E-state index in [4.69, 9.17) is 5.11 Å². The molecule has 1 aromatic carbocycles. The predicted octanol–water partition coefficient (Wildman–Crippen LogP) is 2.37. The van der Waals surface area contributed by atoms with Crippen LogP contribution >= 0.6 is 0 Å². The number of aliphatic hydroxyl groups is 1. The van der Waals surface area contributed by atoms with Gasteiger partial charge in [-0.1, -0.05) is 61.1 Å². The molecule has 2 heteroatoms. The van der Waals surface area contributed by atoms with E-state index in [1.807, 2.05) is 0 Å². The molecule has 0 saturated carbocycles. The summed E-state index contributed by atoms with van der Waals surface area (Å²) in [5.41, 5.74) is 0. The molecular weight excluding hydrogens is 188 g/mol. The summed E-state index contributed by atoms with van der Waals surface area (Å²) in [5.74, 6) is 0. The summed E-state index contributed by atoms with van der Waals surface area (Å²) in [6.45, 7) is 5.02. The zero-order valence-corrected chi connectivity index (χ0v) is 10.2. The molecule has 14 heavy (non-hydrogen) atoms. The Bertz CT molecular complexity index is 260. The van der Waals surface area contributed by atoms with Crippen molar-refractivity contribution in [2.75, 3.05) is 6.61 Å². The maximum absolute atomic E-state index is 8.89. The number of hydrogen-bond acceptors (Lipinski definition) is 1. The van der Waals surface area contributed by atoms with Crippen LogP contribution in [0.3, 0.4) is 0 Å². The van der Waals surface area contributed by atoms with Crippen molar-refractivity contribution in [2.45, 2.75) is 32.0 Å². The first-order valence-corrected chi connectivity index (χ1v) is 8.31. The van der Waals surface area contributed by atoms with Crippen molar-refractivity contribution in [3.05, 3.63) is 30.3 Å². The number of rotatable bonds is 5. The summed E-state index contributed by atoms with van der Waals surface area (Å²) >= 11 is 0. The fraction of sp³-hybridized carbons (Fsp3) is 0.500. The smallest absolute Gasteiger partial charge is 0.0834 e. The highest BCUT2D eigenvalue weighted by molar-refractivity contribution is 6.90. The molecule has 0 aliphatic rings. The third-order valence-electron chi connectivity index (χ3n) is 3.14. The van der Waals surface area contributed by atoms with Crippen molar-refractivity contribution in [3.8, 4) is 0 Å². The molecule has 0 radical (unpaired) electrons. The van der Waals surface area contributed by atoms with Crippen molar-refractivity contribution < 1.29 is 5.11 Å². The molecule has 1 atom stereocenters. The van der Waals surface area contributed by atoms with Crippen LogP contribution in [-0.2, 0) is 0 Å². The van der Waals surface area contributed by atoms with Crippen LogP contribution in [0.2, 0.25) is 18.6 Å². The van der Waals surface area contributed by atoms with Gasteiger partial charge in [-0.05, 0) is 6.42 Å². The molecule has 0 aliphatic heterocycles. The molecule has 0 bridgehead atoms. The van der Waals surface area contributed by atoms with Crippen LogP contribution < -0.4 is 5.19 Å². The molecule has 1 N–H and O–H groups in total. The van der Waals surface area contributed by atoms with Gasteiger partial charge in [0.05, 0.1) is 8.07 Å². The van der Waals surface area contributed by atoms with E-state index in [0.717, 1.165) is 6.42 Å². The number of hydrogen-bond donors (Lipinski definition) is 1. The molecule has 0 spiro atoms. The van der Waals surface area contributed by atoms with Crippen LogP contribution in [0.15, 0.2) is 30.3 Å². The second kappa shape index (κ2) is 5.32. The molecule has 0 aliphatic carbocycles. The number of benzene rings is 1. The lowest BCUT2D eigenvalue weighted by Gasteiger charge is -2.26. The van der Waals surface area contributed by atoms with Crippen LogP contribution in [0.1, 0.15) is 13.3 Å². The van der Waals surface area contributed by atoms with Gasteiger partial charge >= 0.3 is 0 Å². The summed E-state index contributed by atoms with van der Waals surface area (Å²) in [6.07, 6.45) is 0.950. The minimum atomic E-state index is -1.28. The third kappa shape index (κ3) is 2.69. The summed E-state index contributed by atoms with van der Waals surface area (Å²) in [5, 5.41) is 10.4. The lowest BCUT2D eigenvalue weighted by molar-refractivity contribution is 0.294. The standard InChI is InChI=1S/C12H20OSi/c1-3-14(2,11-7-10-13)12-8-5-4-6-9-12/h4-6,8-9,13H,3,7,10-11H2,1-2H3. The topological polar surface area (TPSA) is 20.2 Å². The Labute approximate surface area is 87.8 Å². The van der Waals surface area contributed by atoms with E-state index in [9.17, 15) is 0 Å². The van der Waals surface area contributed by atoms with E-state index in [2.05, 4.69) is 43.8 Å². The van der Waals surface area contributed by atoms with Gasteiger partial charge in [-0.15, -0.1) is 0 Å². The second-order valence-corrected chi connectivity index (χ2v) is 9.01. The molecule has 1 aromatic rings. The Kier molecular flexibility index (Phi) is 4.36. The van der Waals surface area contributed by atoms with E-state index in [1.54, 1.807) is 0 Å². The van der Waals surface area contributed by atoms with Crippen LogP contribution in [0, 0.1) is 0 Å². The number of aliphatic hydroxyl groups excluding tert-OH is 1. The fourth-order valence-electron chi connectivity index (χ4n) is 1.83. The molecule has 1 nitrogen and oxygen atoms in total. The summed E-state index contributed by atoms with van der Waals surface area (Å²) < 4.78 is 0. The van der Waals surface area contributed by atoms with Crippen molar-refractivity contribution in [2.24, 2.45) is 0 Å². The summed E-state index contributed by atoms with van der Waals surface area (Å²) in [4.78, 5) is 0. The van der Waals surface area contributed by atoms with Crippen LogP contribution in [-0.4, -0.2) is 19.8 Å². The van der Waals surface area contributed by atoms with Crippen molar-refractivity contribution in [1.29, 1.82) is 0 Å². The Morgan fingerprint density at radius 1 is 1.21 bits per heavy atom. The largest absolute Gasteiger partial charge is 0.396 e. The molecule has 0 fully saturated rings. The normalized spacial score (nSPS) is 15.1. The molecule has 0 heterocycles. The highest BCUT2D eigenvalue weighted by Crippen LogP contribution is 2.17.